The van der Waals surface area contributed by atoms with E-state index in [1.165, 1.54) is 35.5 Å². The molecule has 26 heavy (non-hydrogen) atoms. The van der Waals surface area contributed by atoms with E-state index in [0.717, 1.165) is 0 Å². The molecule has 1 aliphatic rings. The van der Waals surface area contributed by atoms with Gasteiger partial charge < -0.3 is 14.6 Å². The Bertz CT molecular complexity index is 836. The highest BCUT2D eigenvalue weighted by Gasteiger charge is 2.42. The molecule has 0 bridgehead atoms. The van der Waals surface area contributed by atoms with E-state index in [-0.39, 0.29) is 24.2 Å². The van der Waals surface area contributed by atoms with Crippen molar-refractivity contribution in [1.29, 1.82) is 0 Å². The van der Waals surface area contributed by atoms with E-state index < -0.39 is 24.8 Å². The Morgan fingerprint density at radius 3 is 2.73 bits per heavy atom. The lowest BCUT2D eigenvalue weighted by atomic mass is 10.1. The number of rotatable bonds is 4. The number of benzene rings is 1. The minimum absolute atomic E-state index is 0.0648. The number of hydrogen-bond donors (Lipinski definition) is 1. The molecule has 1 N–H and O–H groups in total. The summed E-state index contributed by atoms with van der Waals surface area (Å²) >= 11 is 0. The van der Waals surface area contributed by atoms with Gasteiger partial charge >= 0.3 is 6.18 Å². The SMILES string of the molecule is O=C(COC(c1ccccc1)C(F)(F)F)N1CCc2c(nc[nH]c2=O)C1. The Morgan fingerprint density at radius 2 is 2.04 bits per heavy atom. The molecular formula is C17H16F3N3O3. The van der Waals surface area contributed by atoms with Crippen molar-refractivity contribution in [1.82, 2.24) is 14.9 Å². The van der Waals surface area contributed by atoms with Crippen molar-refractivity contribution in [2.45, 2.75) is 25.2 Å². The van der Waals surface area contributed by atoms with Crippen LogP contribution in [0.4, 0.5) is 13.2 Å². The van der Waals surface area contributed by atoms with Gasteiger partial charge in [0.25, 0.3) is 5.56 Å². The van der Waals surface area contributed by atoms with Crippen LogP contribution in [0.3, 0.4) is 0 Å². The van der Waals surface area contributed by atoms with Crippen molar-refractivity contribution in [2.24, 2.45) is 0 Å². The van der Waals surface area contributed by atoms with Crippen LogP contribution in [-0.4, -0.2) is 40.1 Å². The normalized spacial score (nSPS) is 15.4. The average molecular weight is 367 g/mol. The Labute approximate surface area is 146 Å². The smallest absolute Gasteiger partial charge is 0.354 e. The topological polar surface area (TPSA) is 75.3 Å². The van der Waals surface area contributed by atoms with Crippen LogP contribution >= 0.6 is 0 Å². The predicted molar refractivity (Wildman–Crippen MR) is 85.2 cm³/mol. The third-order valence-corrected chi connectivity index (χ3v) is 4.14. The Kier molecular flexibility index (Phi) is 5.08. The fourth-order valence-corrected chi connectivity index (χ4v) is 2.83. The van der Waals surface area contributed by atoms with Crippen LogP contribution in [0.2, 0.25) is 0 Å². The summed E-state index contributed by atoms with van der Waals surface area (Å²) in [7, 11) is 0. The van der Waals surface area contributed by atoms with Crippen LogP contribution in [0, 0.1) is 0 Å². The van der Waals surface area contributed by atoms with E-state index in [9.17, 15) is 22.8 Å². The van der Waals surface area contributed by atoms with Gasteiger partial charge in [-0.1, -0.05) is 30.3 Å². The molecule has 1 unspecified atom stereocenters. The van der Waals surface area contributed by atoms with Crippen molar-refractivity contribution in [3.8, 4) is 0 Å². The summed E-state index contributed by atoms with van der Waals surface area (Å²) in [5.74, 6) is -0.581. The third-order valence-electron chi connectivity index (χ3n) is 4.14. The molecule has 1 aromatic carbocycles. The van der Waals surface area contributed by atoms with Crippen LogP contribution in [0.5, 0.6) is 0 Å². The summed E-state index contributed by atoms with van der Waals surface area (Å²) in [5, 5.41) is 0. The van der Waals surface area contributed by atoms with Crippen molar-refractivity contribution in [2.75, 3.05) is 13.2 Å². The van der Waals surface area contributed by atoms with Gasteiger partial charge in [-0.25, -0.2) is 4.98 Å². The maximum atomic E-state index is 13.2. The maximum absolute atomic E-state index is 13.2. The van der Waals surface area contributed by atoms with Gasteiger partial charge in [-0.2, -0.15) is 13.2 Å². The highest BCUT2D eigenvalue weighted by atomic mass is 19.4. The fraction of sp³-hybridized carbons (Fsp3) is 0.353. The number of H-pyrrole nitrogens is 1. The third kappa shape index (κ3) is 3.93. The van der Waals surface area contributed by atoms with Crippen molar-refractivity contribution in [3.63, 3.8) is 0 Å². The molecule has 9 heteroatoms. The van der Waals surface area contributed by atoms with Gasteiger partial charge in [-0.05, 0) is 12.0 Å². The van der Waals surface area contributed by atoms with Crippen LogP contribution in [0.25, 0.3) is 0 Å². The lowest BCUT2D eigenvalue weighted by Gasteiger charge is -2.28. The number of carbonyl (C=O) groups excluding carboxylic acids is 1. The highest BCUT2D eigenvalue weighted by Crippen LogP contribution is 2.35. The molecule has 2 heterocycles. The number of amides is 1. The Morgan fingerprint density at radius 1 is 1.31 bits per heavy atom. The molecule has 0 saturated carbocycles. The molecular weight excluding hydrogens is 351 g/mol. The number of aromatic amines is 1. The second-order valence-corrected chi connectivity index (χ2v) is 5.87. The van der Waals surface area contributed by atoms with Gasteiger partial charge in [0, 0.05) is 12.1 Å². The standard InChI is InChI=1S/C17H16F3N3O3/c18-17(19,20)15(11-4-2-1-3-5-11)26-9-14(24)23-7-6-12-13(8-23)21-10-22-16(12)25/h1-5,10,15H,6-9H2,(H,21,22,25). The summed E-state index contributed by atoms with van der Waals surface area (Å²) in [6.07, 6.45) is -5.28. The molecule has 0 spiro atoms. The fourth-order valence-electron chi connectivity index (χ4n) is 2.83. The molecule has 0 aliphatic carbocycles. The lowest BCUT2D eigenvalue weighted by Crippen LogP contribution is -2.41. The number of alkyl halides is 3. The molecule has 0 radical (unpaired) electrons. The molecule has 1 aliphatic heterocycles. The quantitative estimate of drug-likeness (QED) is 0.897. The van der Waals surface area contributed by atoms with Crippen LogP contribution in [0.15, 0.2) is 41.5 Å². The highest BCUT2D eigenvalue weighted by molar-refractivity contribution is 5.77. The number of nitrogens with one attached hydrogen (secondary N) is 1. The number of fused-ring (bicyclic) bond motifs is 1. The molecule has 0 saturated heterocycles. The molecule has 2 aromatic rings. The van der Waals surface area contributed by atoms with Crippen LogP contribution < -0.4 is 5.56 Å². The summed E-state index contributed by atoms with van der Waals surface area (Å²) < 4.78 is 44.6. The molecule has 6 nitrogen and oxygen atoms in total. The van der Waals surface area contributed by atoms with E-state index >= 15 is 0 Å². The summed E-state index contributed by atoms with van der Waals surface area (Å²) in [5.41, 5.74) is 0.614. The van der Waals surface area contributed by atoms with Gasteiger partial charge in [-0.15, -0.1) is 0 Å². The van der Waals surface area contributed by atoms with Gasteiger partial charge in [0.2, 0.25) is 5.91 Å². The first-order chi connectivity index (χ1) is 12.4. The van der Waals surface area contributed by atoms with Gasteiger partial charge in [0.15, 0.2) is 6.10 Å². The number of ether oxygens (including phenoxy) is 1. The molecule has 1 amide bonds. The van der Waals surface area contributed by atoms with E-state index in [1.54, 1.807) is 6.07 Å². The van der Waals surface area contributed by atoms with Crippen molar-refractivity contribution >= 4 is 5.91 Å². The zero-order valence-corrected chi connectivity index (χ0v) is 13.6. The van der Waals surface area contributed by atoms with Gasteiger partial charge in [-0.3, -0.25) is 9.59 Å². The average Bonchev–Trinajstić information content (AvgIpc) is 2.61. The molecule has 3 rings (SSSR count). The molecule has 138 valence electrons. The van der Waals surface area contributed by atoms with Crippen LogP contribution in [0.1, 0.15) is 22.9 Å². The maximum Gasteiger partial charge on any atom is 0.418 e. The Balaban J connectivity index is 1.67. The van der Waals surface area contributed by atoms with Crippen molar-refractivity contribution < 1.29 is 22.7 Å². The number of aromatic nitrogens is 2. The summed E-state index contributed by atoms with van der Waals surface area (Å²) in [6.45, 7) is -0.410. The van der Waals surface area contributed by atoms with E-state index in [4.69, 9.17) is 4.74 Å². The minimum Gasteiger partial charge on any atom is -0.354 e. The second-order valence-electron chi connectivity index (χ2n) is 5.87. The minimum atomic E-state index is -4.63. The first kappa shape index (κ1) is 18.1. The van der Waals surface area contributed by atoms with Crippen molar-refractivity contribution in [3.05, 3.63) is 63.8 Å². The number of nitrogens with zero attached hydrogens (tertiary/aromatic N) is 2. The Hall–Kier alpha value is -2.68. The van der Waals surface area contributed by atoms with Crippen LogP contribution in [-0.2, 0) is 22.5 Å². The summed E-state index contributed by atoms with van der Waals surface area (Å²) in [6, 6.07) is 7.15. The van der Waals surface area contributed by atoms with E-state index in [1.807, 2.05) is 0 Å². The first-order valence-corrected chi connectivity index (χ1v) is 7.92. The number of hydrogen-bond acceptors (Lipinski definition) is 4. The molecule has 1 aromatic heterocycles. The zero-order valence-electron chi connectivity index (χ0n) is 13.6. The summed E-state index contributed by atoms with van der Waals surface area (Å²) in [4.78, 5) is 31.8. The number of carbonyl (C=O) groups is 1. The molecule has 0 fully saturated rings. The number of halogens is 3. The van der Waals surface area contributed by atoms with E-state index in [0.29, 0.717) is 17.7 Å². The molecule has 1 atom stereocenters. The largest absolute Gasteiger partial charge is 0.418 e. The second kappa shape index (κ2) is 7.28. The predicted octanol–water partition coefficient (Wildman–Crippen LogP) is 1.97. The van der Waals surface area contributed by atoms with Gasteiger partial charge in [0.05, 0.1) is 18.6 Å². The van der Waals surface area contributed by atoms with Gasteiger partial charge in [0.1, 0.15) is 6.61 Å². The lowest BCUT2D eigenvalue weighted by molar-refractivity contribution is -0.224. The van der Waals surface area contributed by atoms with E-state index in [2.05, 4.69) is 9.97 Å². The monoisotopic (exact) mass is 367 g/mol. The first-order valence-electron chi connectivity index (χ1n) is 7.92. The zero-order chi connectivity index (χ0) is 18.7.